The maximum absolute atomic E-state index is 13.4. The molecule has 0 aliphatic heterocycles. The van der Waals surface area contributed by atoms with E-state index in [4.69, 9.17) is 27.6 Å². The second-order valence-corrected chi connectivity index (χ2v) is 9.00. The van der Waals surface area contributed by atoms with Gasteiger partial charge in [-0.3, -0.25) is 9.69 Å². The molecular weight excluding hydrogens is 488 g/mol. The molecule has 0 aliphatic rings. The Morgan fingerprint density at radius 2 is 1.74 bits per heavy atom. The molecule has 35 heavy (non-hydrogen) atoms. The minimum atomic E-state index is -0.320. The van der Waals surface area contributed by atoms with Crippen molar-refractivity contribution in [1.29, 1.82) is 0 Å². The first-order valence-electron chi connectivity index (χ1n) is 11.1. The van der Waals surface area contributed by atoms with E-state index in [1.54, 1.807) is 18.2 Å². The normalized spacial score (nSPS) is 12.0. The fraction of sp³-hybridized carbons (Fsp3) is 0.185. The van der Waals surface area contributed by atoms with Gasteiger partial charge in [-0.25, -0.2) is 9.37 Å². The molecular formula is C27H24Cl2FN3O2. The Morgan fingerprint density at radius 3 is 2.49 bits per heavy atom. The number of rotatable bonds is 9. The van der Waals surface area contributed by atoms with Crippen molar-refractivity contribution < 1.29 is 13.6 Å². The van der Waals surface area contributed by atoms with E-state index in [9.17, 15) is 9.18 Å². The first kappa shape index (κ1) is 24.9. The number of nitrogens with one attached hydrogen (secondary N) is 1. The molecule has 4 aromatic rings. The largest absolute Gasteiger partial charge is 0.447 e. The minimum absolute atomic E-state index is 0.177. The van der Waals surface area contributed by atoms with Crippen molar-refractivity contribution in [2.45, 2.75) is 32.6 Å². The Balaban J connectivity index is 1.48. The predicted octanol–water partition coefficient (Wildman–Crippen LogP) is 6.81. The highest BCUT2D eigenvalue weighted by Crippen LogP contribution is 2.27. The van der Waals surface area contributed by atoms with E-state index in [0.717, 1.165) is 16.7 Å². The van der Waals surface area contributed by atoms with Crippen LogP contribution in [0.25, 0.3) is 0 Å². The van der Waals surface area contributed by atoms with Gasteiger partial charge in [0, 0.05) is 13.1 Å². The first-order valence-corrected chi connectivity index (χ1v) is 11.8. The number of benzene rings is 3. The molecule has 1 atom stereocenters. The van der Waals surface area contributed by atoms with Crippen LogP contribution in [0.5, 0.6) is 0 Å². The van der Waals surface area contributed by atoms with Crippen LogP contribution in [0.3, 0.4) is 0 Å². The molecule has 180 valence electrons. The molecule has 0 fully saturated rings. The average Bonchev–Trinajstić information content (AvgIpc) is 3.32. The van der Waals surface area contributed by atoms with Crippen LogP contribution in [0, 0.1) is 5.82 Å². The molecule has 1 aromatic heterocycles. The van der Waals surface area contributed by atoms with Gasteiger partial charge in [-0.15, -0.1) is 0 Å². The number of oxazole rings is 1. The van der Waals surface area contributed by atoms with Crippen molar-refractivity contribution in [1.82, 2.24) is 15.2 Å². The van der Waals surface area contributed by atoms with Gasteiger partial charge in [0.25, 0.3) is 5.91 Å². The summed E-state index contributed by atoms with van der Waals surface area (Å²) in [5.41, 5.74) is 2.94. The molecule has 1 N–H and O–H groups in total. The van der Waals surface area contributed by atoms with Crippen LogP contribution in [-0.2, 0) is 19.6 Å². The summed E-state index contributed by atoms with van der Waals surface area (Å²) in [5.74, 6) is -0.242. The van der Waals surface area contributed by atoms with Crippen molar-refractivity contribution in [2.24, 2.45) is 0 Å². The topological polar surface area (TPSA) is 58.4 Å². The number of carbonyl (C=O) groups is 1. The second kappa shape index (κ2) is 11.5. The van der Waals surface area contributed by atoms with Crippen LogP contribution < -0.4 is 5.32 Å². The van der Waals surface area contributed by atoms with E-state index in [0.29, 0.717) is 35.6 Å². The Kier molecular flexibility index (Phi) is 8.18. The number of nitrogens with zero attached hydrogens (tertiary/aromatic N) is 2. The maximum atomic E-state index is 13.4. The summed E-state index contributed by atoms with van der Waals surface area (Å²) < 4.78 is 19.0. The third-order valence-corrected chi connectivity index (χ3v) is 6.39. The van der Waals surface area contributed by atoms with Crippen LogP contribution in [0.1, 0.15) is 46.0 Å². The summed E-state index contributed by atoms with van der Waals surface area (Å²) in [6, 6.07) is 21.2. The highest BCUT2D eigenvalue weighted by Gasteiger charge is 2.18. The van der Waals surface area contributed by atoms with Crippen molar-refractivity contribution in [3.8, 4) is 0 Å². The van der Waals surface area contributed by atoms with Crippen LogP contribution in [-0.4, -0.2) is 15.8 Å². The zero-order valence-corrected chi connectivity index (χ0v) is 20.6. The van der Waals surface area contributed by atoms with Crippen LogP contribution in [0.4, 0.5) is 4.39 Å². The second-order valence-electron chi connectivity index (χ2n) is 8.22. The number of carbonyl (C=O) groups excluding carboxylic acids is 1. The molecule has 4 rings (SSSR count). The highest BCUT2D eigenvalue weighted by atomic mass is 35.5. The van der Waals surface area contributed by atoms with Gasteiger partial charge in [-0.1, -0.05) is 77.8 Å². The van der Waals surface area contributed by atoms with Gasteiger partial charge < -0.3 is 9.73 Å². The van der Waals surface area contributed by atoms with E-state index in [2.05, 4.69) is 10.3 Å². The lowest BCUT2D eigenvalue weighted by molar-refractivity contribution is 0.0934. The van der Waals surface area contributed by atoms with Crippen LogP contribution in [0.15, 0.2) is 83.5 Å². The monoisotopic (exact) mass is 511 g/mol. The van der Waals surface area contributed by atoms with E-state index in [1.165, 1.54) is 18.4 Å². The van der Waals surface area contributed by atoms with Gasteiger partial charge in [0.15, 0.2) is 5.69 Å². The molecule has 1 heterocycles. The molecule has 0 radical (unpaired) electrons. The van der Waals surface area contributed by atoms with Gasteiger partial charge in [-0.2, -0.15) is 0 Å². The Morgan fingerprint density at radius 1 is 1.00 bits per heavy atom. The van der Waals surface area contributed by atoms with Crippen LogP contribution in [0.2, 0.25) is 10.0 Å². The quantitative estimate of drug-likeness (QED) is 0.268. The Labute approximate surface area is 213 Å². The maximum Gasteiger partial charge on any atom is 0.273 e. The third kappa shape index (κ3) is 6.69. The van der Waals surface area contributed by atoms with Gasteiger partial charge in [-0.05, 0) is 41.8 Å². The van der Waals surface area contributed by atoms with Gasteiger partial charge in [0.1, 0.15) is 12.1 Å². The third-order valence-electron chi connectivity index (χ3n) is 5.54. The molecule has 3 aromatic carbocycles. The molecule has 5 nitrogen and oxygen atoms in total. The van der Waals surface area contributed by atoms with Crippen molar-refractivity contribution in [3.63, 3.8) is 0 Å². The zero-order chi connectivity index (χ0) is 24.8. The minimum Gasteiger partial charge on any atom is -0.447 e. The van der Waals surface area contributed by atoms with E-state index >= 15 is 0 Å². The Hall–Kier alpha value is -3.19. The SMILES string of the molecule is CC(NC(=O)c1coc(CN(Cc2ccc(F)cc2)Cc2cccc(Cl)c2Cl)n1)c1ccccc1. The lowest BCUT2D eigenvalue weighted by Crippen LogP contribution is -2.27. The van der Waals surface area contributed by atoms with Crippen molar-refractivity contribution in [3.05, 3.63) is 123 Å². The summed E-state index contributed by atoms with van der Waals surface area (Å²) >= 11 is 12.6. The van der Waals surface area contributed by atoms with Crippen LogP contribution >= 0.6 is 23.2 Å². The molecule has 8 heteroatoms. The fourth-order valence-corrected chi connectivity index (χ4v) is 4.08. The molecule has 0 spiro atoms. The van der Waals surface area contributed by atoms with Gasteiger partial charge >= 0.3 is 0 Å². The first-order chi connectivity index (χ1) is 16.9. The number of aromatic nitrogens is 1. The lowest BCUT2D eigenvalue weighted by Gasteiger charge is -2.22. The van der Waals surface area contributed by atoms with E-state index in [-0.39, 0.29) is 23.5 Å². The summed E-state index contributed by atoms with van der Waals surface area (Å²) in [6.45, 7) is 3.15. The summed E-state index contributed by atoms with van der Waals surface area (Å²) in [7, 11) is 0. The number of amides is 1. The Bertz CT molecular complexity index is 1280. The molecule has 0 bridgehead atoms. The molecule has 0 saturated carbocycles. The standard InChI is InChI=1S/C27H24Cl2FN3O2/c1-18(20-6-3-2-4-7-20)31-27(34)24-17-35-25(32-24)16-33(14-19-10-12-22(30)13-11-19)15-21-8-5-9-23(28)26(21)29/h2-13,17-18H,14-16H2,1H3,(H,31,34). The predicted molar refractivity (Wildman–Crippen MR) is 135 cm³/mol. The highest BCUT2D eigenvalue weighted by molar-refractivity contribution is 6.42. The van der Waals surface area contributed by atoms with Gasteiger partial charge in [0.2, 0.25) is 5.89 Å². The zero-order valence-electron chi connectivity index (χ0n) is 19.0. The smallest absolute Gasteiger partial charge is 0.273 e. The van der Waals surface area contributed by atoms with Crippen molar-refractivity contribution in [2.75, 3.05) is 0 Å². The summed E-state index contributed by atoms with van der Waals surface area (Å²) in [5, 5.41) is 3.87. The number of halogens is 3. The van der Waals surface area contributed by atoms with Gasteiger partial charge in [0.05, 0.1) is 22.6 Å². The molecule has 0 saturated heterocycles. The summed E-state index contributed by atoms with van der Waals surface area (Å²) in [6.07, 6.45) is 1.35. The average molecular weight is 512 g/mol. The molecule has 0 aliphatic carbocycles. The number of hydrogen-bond acceptors (Lipinski definition) is 4. The van der Waals surface area contributed by atoms with E-state index < -0.39 is 0 Å². The number of hydrogen-bond donors (Lipinski definition) is 1. The molecule has 1 amide bonds. The van der Waals surface area contributed by atoms with E-state index in [1.807, 2.05) is 54.3 Å². The fourth-order valence-electron chi connectivity index (χ4n) is 3.70. The summed E-state index contributed by atoms with van der Waals surface area (Å²) in [4.78, 5) is 19.1. The lowest BCUT2D eigenvalue weighted by atomic mass is 10.1. The van der Waals surface area contributed by atoms with Crippen molar-refractivity contribution >= 4 is 29.1 Å². The molecule has 1 unspecified atom stereocenters.